The zero-order valence-electron chi connectivity index (χ0n) is 26.0. The average molecular weight is 809 g/mol. The third-order valence-corrected chi connectivity index (χ3v) is 8.29. The van der Waals surface area contributed by atoms with Crippen molar-refractivity contribution in [2.45, 2.75) is 12.8 Å². The summed E-state index contributed by atoms with van der Waals surface area (Å²) in [6.45, 7) is 1.80. The van der Waals surface area contributed by atoms with Crippen LogP contribution in [0.15, 0.2) is 91.0 Å². The van der Waals surface area contributed by atoms with Gasteiger partial charge in [-0.1, -0.05) is 76.2 Å². The van der Waals surface area contributed by atoms with Crippen molar-refractivity contribution >= 4 is 92.4 Å². The number of hydrogen-bond donors (Lipinski definition) is 5. The van der Waals surface area contributed by atoms with Crippen molar-refractivity contribution < 1.29 is 34.8 Å². The molecule has 0 saturated carbocycles. The van der Waals surface area contributed by atoms with Gasteiger partial charge < -0.3 is 25.7 Å². The van der Waals surface area contributed by atoms with E-state index in [4.69, 9.17) is 84.9 Å². The number of nitrogens with one attached hydrogen (secondary N) is 1. The first-order valence-electron chi connectivity index (χ1n) is 14.2. The fourth-order valence-electron chi connectivity index (χ4n) is 4.26. The lowest BCUT2D eigenvalue weighted by Gasteiger charge is -2.16. The Morgan fingerprint density at radius 3 is 1.57 bits per heavy atom. The Kier molecular flexibility index (Phi) is 14.8. The number of carbonyl (C=O) groups is 3. The van der Waals surface area contributed by atoms with E-state index < -0.39 is 23.0 Å². The summed E-state index contributed by atoms with van der Waals surface area (Å²) in [6, 6.07) is 24.8. The van der Waals surface area contributed by atoms with Crippen LogP contribution in [0.25, 0.3) is 0 Å². The Morgan fingerprint density at radius 1 is 0.667 bits per heavy atom. The number of phenols is 3. The molecule has 0 spiro atoms. The molecule has 0 fully saturated rings. The number of benzene rings is 5. The van der Waals surface area contributed by atoms with Crippen LogP contribution in [0.1, 0.15) is 53.7 Å². The Balaban J connectivity index is 0.000000260. The second kappa shape index (κ2) is 18.5. The lowest BCUT2D eigenvalue weighted by atomic mass is 9.91. The molecule has 0 aliphatic rings. The third-order valence-electron chi connectivity index (χ3n) is 6.80. The lowest BCUT2D eigenvalue weighted by molar-refractivity contribution is 0.0693. The van der Waals surface area contributed by atoms with Gasteiger partial charge in [0.25, 0.3) is 11.1 Å². The molecule has 0 aliphatic carbocycles. The molecule has 0 heterocycles. The number of nitriles is 1. The standard InChI is InChI=1S/C22H15Cl3N2O2.C7H4Cl2O2.C7H5ClO3/c1-12-8-16(18(11-26)13-2-4-14(23)5-3-13)19(25)10-20(12)27-22(29)17-9-15(24)6-7-21(17)28;8-4-1-2-6(10)5(3-4)7(9)11;8-4-1-2-6(9)5(3-4)7(10)11/h2-10,18,28H,1H3,(H,27,29);1-3,10H;1-3,9H,(H,10,11). The van der Waals surface area contributed by atoms with E-state index in [0.717, 1.165) is 5.56 Å². The molecule has 15 heteroatoms. The molecule has 5 aromatic carbocycles. The van der Waals surface area contributed by atoms with E-state index in [2.05, 4.69) is 11.4 Å². The molecule has 0 saturated heterocycles. The zero-order valence-corrected chi connectivity index (χ0v) is 30.5. The van der Waals surface area contributed by atoms with Crippen LogP contribution < -0.4 is 5.32 Å². The maximum atomic E-state index is 12.5. The summed E-state index contributed by atoms with van der Waals surface area (Å²) in [7, 11) is 0. The topological polar surface area (TPSA) is 168 Å². The Hall–Kier alpha value is -4.66. The molecule has 1 amide bonds. The Labute approximate surface area is 321 Å². The van der Waals surface area contributed by atoms with Gasteiger partial charge >= 0.3 is 5.97 Å². The molecule has 1 unspecified atom stereocenters. The highest BCUT2D eigenvalue weighted by Crippen LogP contribution is 2.35. The van der Waals surface area contributed by atoms with Crippen molar-refractivity contribution in [3.63, 3.8) is 0 Å². The van der Waals surface area contributed by atoms with Crippen LogP contribution in [0.3, 0.4) is 0 Å². The van der Waals surface area contributed by atoms with E-state index in [1.807, 2.05) is 0 Å². The van der Waals surface area contributed by atoms with Gasteiger partial charge in [0.15, 0.2) is 0 Å². The lowest BCUT2D eigenvalue weighted by Crippen LogP contribution is -2.13. The predicted octanol–water partition coefficient (Wildman–Crippen LogP) is 10.7. The Morgan fingerprint density at radius 2 is 1.12 bits per heavy atom. The summed E-state index contributed by atoms with van der Waals surface area (Å²) in [5.74, 6) is -2.91. The number of carboxylic acids is 1. The number of aromatic carboxylic acids is 1. The van der Waals surface area contributed by atoms with Gasteiger partial charge in [0.05, 0.1) is 23.1 Å². The van der Waals surface area contributed by atoms with Crippen LogP contribution in [0, 0.1) is 18.3 Å². The quantitative estimate of drug-likeness (QED) is 0.106. The normalized spacial score (nSPS) is 10.7. The van der Waals surface area contributed by atoms with E-state index in [-0.39, 0.29) is 33.9 Å². The number of carbonyl (C=O) groups excluding carboxylic acids is 2. The molecule has 9 nitrogen and oxygen atoms in total. The van der Waals surface area contributed by atoms with Gasteiger partial charge in [0.1, 0.15) is 22.8 Å². The highest BCUT2D eigenvalue weighted by atomic mass is 35.5. The van der Waals surface area contributed by atoms with Gasteiger partial charge in [-0.2, -0.15) is 5.26 Å². The number of anilines is 1. The number of aromatic hydroxyl groups is 3. The minimum Gasteiger partial charge on any atom is -0.507 e. The zero-order chi connectivity index (χ0) is 38.0. The van der Waals surface area contributed by atoms with E-state index in [0.29, 0.717) is 41.9 Å². The minimum atomic E-state index is -1.19. The van der Waals surface area contributed by atoms with Crippen LogP contribution >= 0.6 is 69.6 Å². The molecule has 51 heavy (non-hydrogen) atoms. The molecular formula is C36H24Cl6N2O7. The number of amides is 1. The molecule has 0 radical (unpaired) electrons. The van der Waals surface area contributed by atoms with Gasteiger partial charge in [0.2, 0.25) is 0 Å². The van der Waals surface area contributed by atoms with Crippen LogP contribution in [-0.2, 0) is 0 Å². The van der Waals surface area contributed by atoms with Crippen molar-refractivity contribution in [1.29, 1.82) is 5.26 Å². The van der Waals surface area contributed by atoms with Gasteiger partial charge in [0, 0.05) is 30.8 Å². The van der Waals surface area contributed by atoms with E-state index in [1.54, 1.807) is 43.3 Å². The maximum absolute atomic E-state index is 12.5. The highest BCUT2D eigenvalue weighted by Gasteiger charge is 2.20. The van der Waals surface area contributed by atoms with Gasteiger partial charge in [-0.15, -0.1) is 0 Å². The van der Waals surface area contributed by atoms with Crippen molar-refractivity contribution in [3.8, 4) is 23.3 Å². The third kappa shape index (κ3) is 11.4. The molecular weight excluding hydrogens is 785 g/mol. The molecule has 262 valence electrons. The number of aryl methyl sites for hydroxylation is 1. The number of rotatable bonds is 6. The summed E-state index contributed by atoms with van der Waals surface area (Å²) in [5, 5.41) is 50.0. The molecule has 5 N–H and O–H groups in total. The molecule has 0 aliphatic heterocycles. The average Bonchev–Trinajstić information content (AvgIpc) is 3.08. The second-order valence-corrected chi connectivity index (χ2v) is 12.8. The molecule has 5 aromatic rings. The number of carboxylic acid groups (broad SMARTS) is 1. The fraction of sp³-hybridized carbons (Fsp3) is 0.0556. The Bertz CT molecular complexity index is 2080. The largest absolute Gasteiger partial charge is 0.507 e. The van der Waals surface area contributed by atoms with Crippen LogP contribution in [0.5, 0.6) is 17.2 Å². The number of hydrogen-bond acceptors (Lipinski definition) is 7. The maximum Gasteiger partial charge on any atom is 0.339 e. The van der Waals surface area contributed by atoms with Gasteiger partial charge in [-0.3, -0.25) is 9.59 Å². The highest BCUT2D eigenvalue weighted by molar-refractivity contribution is 6.68. The summed E-state index contributed by atoms with van der Waals surface area (Å²) in [5.41, 5.74) is 2.46. The van der Waals surface area contributed by atoms with Gasteiger partial charge in [-0.25, -0.2) is 4.79 Å². The van der Waals surface area contributed by atoms with E-state index in [1.165, 1.54) is 54.6 Å². The van der Waals surface area contributed by atoms with Crippen molar-refractivity contribution in [1.82, 2.24) is 0 Å². The summed E-state index contributed by atoms with van der Waals surface area (Å²) in [6.07, 6.45) is 0. The molecule has 0 aromatic heterocycles. The first kappa shape index (κ1) is 40.8. The summed E-state index contributed by atoms with van der Waals surface area (Å²) in [4.78, 5) is 33.5. The first-order valence-corrected chi connectivity index (χ1v) is 16.4. The van der Waals surface area contributed by atoms with Crippen molar-refractivity contribution in [2.24, 2.45) is 0 Å². The minimum absolute atomic E-state index is 0.0270. The number of nitrogens with zero attached hydrogens (tertiary/aromatic N) is 1. The predicted molar refractivity (Wildman–Crippen MR) is 200 cm³/mol. The summed E-state index contributed by atoms with van der Waals surface area (Å²) >= 11 is 34.4. The SMILES string of the molecule is Cc1cc(C(C#N)c2ccc(Cl)cc2)c(Cl)cc1NC(=O)c1cc(Cl)ccc1O.O=C(Cl)c1cc(Cl)ccc1O.O=C(O)c1cc(Cl)ccc1O. The monoisotopic (exact) mass is 806 g/mol. The van der Waals surface area contributed by atoms with E-state index in [9.17, 15) is 24.8 Å². The smallest absolute Gasteiger partial charge is 0.339 e. The second-order valence-electron chi connectivity index (χ2n) is 10.3. The van der Waals surface area contributed by atoms with Crippen LogP contribution in [0.2, 0.25) is 25.1 Å². The van der Waals surface area contributed by atoms with Crippen molar-refractivity contribution in [2.75, 3.05) is 5.32 Å². The van der Waals surface area contributed by atoms with Crippen LogP contribution in [-0.4, -0.2) is 37.5 Å². The first-order chi connectivity index (χ1) is 24.0. The van der Waals surface area contributed by atoms with Gasteiger partial charge in [-0.05, 0) is 108 Å². The van der Waals surface area contributed by atoms with Crippen LogP contribution in [0.4, 0.5) is 5.69 Å². The van der Waals surface area contributed by atoms with Crippen molar-refractivity contribution in [3.05, 3.63) is 149 Å². The van der Waals surface area contributed by atoms with E-state index >= 15 is 0 Å². The number of halogens is 6. The summed E-state index contributed by atoms with van der Waals surface area (Å²) < 4.78 is 0. The number of phenolic OH excluding ortho intramolecular Hbond substituents is 2. The fourth-order valence-corrected chi connectivity index (χ4v) is 5.33. The molecule has 1 atom stereocenters. The molecule has 5 rings (SSSR count). The molecule has 0 bridgehead atoms.